The number of carbonyl (C=O) groups excluding carboxylic acids is 3. The van der Waals surface area contributed by atoms with E-state index in [1.807, 2.05) is 0 Å². The predicted molar refractivity (Wildman–Crippen MR) is 126 cm³/mol. The Bertz CT molecular complexity index is 1190. The molecule has 0 aromatic heterocycles. The normalized spacial score (nSPS) is 19.3. The van der Waals surface area contributed by atoms with E-state index in [1.54, 1.807) is 6.92 Å². The number of imide groups is 1. The van der Waals surface area contributed by atoms with Crippen LogP contribution in [0.25, 0.3) is 0 Å². The lowest BCUT2D eigenvalue weighted by molar-refractivity contribution is -0.122. The fraction of sp³-hybridized carbons (Fsp3) is 0.375. The quantitative estimate of drug-likeness (QED) is 0.420. The zero-order valence-corrected chi connectivity index (χ0v) is 20.2. The highest BCUT2D eigenvalue weighted by Gasteiger charge is 2.49. The van der Waals surface area contributed by atoms with Gasteiger partial charge in [0.05, 0.1) is 29.2 Å². The molecule has 2 aromatic rings. The van der Waals surface area contributed by atoms with E-state index >= 15 is 0 Å². The molecule has 1 saturated carbocycles. The largest absolute Gasteiger partial charge is 0.462 e. The number of esters is 1. The molecule has 0 bridgehead atoms. The van der Waals surface area contributed by atoms with Crippen molar-refractivity contribution in [3.63, 3.8) is 0 Å². The number of amides is 2. The summed E-state index contributed by atoms with van der Waals surface area (Å²) in [6, 6.07) is 10.2. The minimum absolute atomic E-state index is 0.0290. The highest BCUT2D eigenvalue weighted by molar-refractivity contribution is 7.89. The Kier molecular flexibility index (Phi) is 7.06. The lowest BCUT2D eigenvalue weighted by Crippen LogP contribution is -2.49. The second-order valence-electron chi connectivity index (χ2n) is 8.28. The summed E-state index contributed by atoms with van der Waals surface area (Å²) in [6.45, 7) is 1.92. The molecule has 4 rings (SSSR count). The third-order valence-corrected chi connectivity index (χ3v) is 8.37. The van der Waals surface area contributed by atoms with Crippen molar-refractivity contribution in [2.75, 3.05) is 11.5 Å². The minimum Gasteiger partial charge on any atom is -0.462 e. The molecule has 10 heteroatoms. The van der Waals surface area contributed by atoms with E-state index in [0.29, 0.717) is 23.4 Å². The number of hydrogen-bond donors (Lipinski definition) is 0. The van der Waals surface area contributed by atoms with Gasteiger partial charge < -0.3 is 4.74 Å². The van der Waals surface area contributed by atoms with Crippen LogP contribution >= 0.6 is 11.6 Å². The first kappa shape index (κ1) is 24.4. The van der Waals surface area contributed by atoms with E-state index in [-0.39, 0.29) is 29.7 Å². The van der Waals surface area contributed by atoms with Crippen LogP contribution in [0.3, 0.4) is 0 Å². The number of ether oxygens (including phenoxy) is 1. The molecule has 0 N–H and O–H groups in total. The van der Waals surface area contributed by atoms with Crippen molar-refractivity contribution in [3.8, 4) is 0 Å². The molecular weight excluding hydrogens is 480 g/mol. The second kappa shape index (κ2) is 9.85. The van der Waals surface area contributed by atoms with Crippen LogP contribution in [-0.2, 0) is 24.3 Å². The number of hydrogen-bond acceptors (Lipinski definition) is 6. The molecule has 2 aromatic carbocycles. The van der Waals surface area contributed by atoms with Gasteiger partial charge in [-0.15, -0.1) is 0 Å². The Morgan fingerprint density at radius 2 is 1.68 bits per heavy atom. The van der Waals surface area contributed by atoms with E-state index in [0.717, 1.165) is 17.7 Å². The van der Waals surface area contributed by atoms with Crippen LogP contribution in [0.4, 0.5) is 5.69 Å². The minimum atomic E-state index is -4.06. The van der Waals surface area contributed by atoms with Gasteiger partial charge in [-0.05, 0) is 68.3 Å². The van der Waals surface area contributed by atoms with Gasteiger partial charge in [-0.25, -0.2) is 18.1 Å². The standard InChI is InChI=1S/C24H25ClN2O6S/c1-2-33-24(30)16-7-11-18(12-8-16)26-22(28)15-21(23(26)29)27(19-5-3-4-6-19)34(31,32)20-13-9-17(25)10-14-20/h7-14,19,21H,2-6,15H2,1H3. The summed E-state index contributed by atoms with van der Waals surface area (Å²) in [5, 5.41) is 0.399. The lowest BCUT2D eigenvalue weighted by atomic mass is 10.1. The number of nitrogens with zero attached hydrogens (tertiary/aromatic N) is 2. The van der Waals surface area contributed by atoms with Gasteiger partial charge in [-0.1, -0.05) is 24.4 Å². The van der Waals surface area contributed by atoms with Crippen LogP contribution < -0.4 is 4.90 Å². The van der Waals surface area contributed by atoms with Gasteiger partial charge in [0, 0.05) is 11.1 Å². The molecule has 1 heterocycles. The van der Waals surface area contributed by atoms with E-state index < -0.39 is 33.8 Å². The predicted octanol–water partition coefficient (Wildman–Crippen LogP) is 3.78. The van der Waals surface area contributed by atoms with E-state index in [9.17, 15) is 22.8 Å². The molecule has 2 fully saturated rings. The maximum absolute atomic E-state index is 13.6. The summed E-state index contributed by atoms with van der Waals surface area (Å²) in [7, 11) is -4.06. The summed E-state index contributed by atoms with van der Waals surface area (Å²) in [4.78, 5) is 39.3. The molecule has 2 aliphatic rings. The van der Waals surface area contributed by atoms with Crippen LogP contribution in [-0.4, -0.2) is 49.2 Å². The molecule has 1 atom stereocenters. The number of benzene rings is 2. The third-order valence-electron chi connectivity index (χ3n) is 6.14. The van der Waals surface area contributed by atoms with Crippen molar-refractivity contribution in [2.24, 2.45) is 0 Å². The topological polar surface area (TPSA) is 101 Å². The maximum atomic E-state index is 13.6. The lowest BCUT2D eigenvalue weighted by Gasteiger charge is -2.32. The molecular formula is C24H25ClN2O6S. The number of rotatable bonds is 7. The van der Waals surface area contributed by atoms with Crippen molar-refractivity contribution in [1.82, 2.24) is 4.31 Å². The summed E-state index contributed by atoms with van der Waals surface area (Å²) in [5.41, 5.74) is 0.569. The van der Waals surface area contributed by atoms with Gasteiger partial charge in [-0.3, -0.25) is 9.59 Å². The van der Waals surface area contributed by atoms with Crippen molar-refractivity contribution in [1.29, 1.82) is 0 Å². The van der Waals surface area contributed by atoms with Crippen LogP contribution in [0.1, 0.15) is 49.4 Å². The SMILES string of the molecule is CCOC(=O)c1ccc(N2C(=O)CC(N(C3CCCC3)S(=O)(=O)c3ccc(Cl)cc3)C2=O)cc1. The average Bonchev–Trinajstić information content (AvgIpc) is 3.43. The highest BCUT2D eigenvalue weighted by Crippen LogP contribution is 2.36. The number of sulfonamides is 1. The van der Waals surface area contributed by atoms with Crippen molar-refractivity contribution in [2.45, 2.75) is 56.0 Å². The Morgan fingerprint density at radius 3 is 2.26 bits per heavy atom. The van der Waals surface area contributed by atoms with E-state index in [2.05, 4.69) is 0 Å². The zero-order chi connectivity index (χ0) is 24.5. The van der Waals surface area contributed by atoms with Crippen molar-refractivity contribution in [3.05, 3.63) is 59.1 Å². The first-order valence-corrected chi connectivity index (χ1v) is 13.0. The molecule has 1 aliphatic carbocycles. The first-order chi connectivity index (χ1) is 16.2. The van der Waals surface area contributed by atoms with Gasteiger partial charge in [0.2, 0.25) is 15.9 Å². The van der Waals surface area contributed by atoms with Crippen molar-refractivity contribution >= 4 is 45.1 Å². The summed E-state index contributed by atoms with van der Waals surface area (Å²) in [5.74, 6) is -1.60. The fourth-order valence-electron chi connectivity index (χ4n) is 4.55. The Morgan fingerprint density at radius 1 is 1.06 bits per heavy atom. The Balaban J connectivity index is 1.66. The van der Waals surface area contributed by atoms with E-state index in [4.69, 9.17) is 16.3 Å². The van der Waals surface area contributed by atoms with Gasteiger partial charge in [0.25, 0.3) is 5.91 Å². The molecule has 1 unspecified atom stereocenters. The van der Waals surface area contributed by atoms with Gasteiger partial charge >= 0.3 is 5.97 Å². The molecule has 180 valence electrons. The molecule has 1 saturated heterocycles. The zero-order valence-electron chi connectivity index (χ0n) is 18.6. The van der Waals surface area contributed by atoms with Crippen molar-refractivity contribution < 1.29 is 27.5 Å². The molecule has 34 heavy (non-hydrogen) atoms. The third kappa shape index (κ3) is 4.60. The van der Waals surface area contributed by atoms with Gasteiger partial charge in [0.15, 0.2) is 0 Å². The molecule has 0 radical (unpaired) electrons. The fourth-order valence-corrected chi connectivity index (χ4v) is 6.50. The van der Waals surface area contributed by atoms with Gasteiger partial charge in [0.1, 0.15) is 6.04 Å². The Labute approximate surface area is 203 Å². The summed E-state index contributed by atoms with van der Waals surface area (Å²) >= 11 is 5.93. The first-order valence-electron chi connectivity index (χ1n) is 11.2. The molecule has 2 amide bonds. The maximum Gasteiger partial charge on any atom is 0.338 e. The number of anilines is 1. The molecule has 0 spiro atoms. The summed E-state index contributed by atoms with van der Waals surface area (Å²) < 4.78 is 33.5. The highest BCUT2D eigenvalue weighted by atomic mass is 35.5. The Hall–Kier alpha value is -2.75. The number of carbonyl (C=O) groups is 3. The molecule has 8 nitrogen and oxygen atoms in total. The second-order valence-corrected chi connectivity index (χ2v) is 10.6. The molecule has 1 aliphatic heterocycles. The van der Waals surface area contributed by atoms with Crippen LogP contribution in [0.5, 0.6) is 0 Å². The van der Waals surface area contributed by atoms with Crippen LogP contribution in [0.15, 0.2) is 53.4 Å². The summed E-state index contributed by atoms with van der Waals surface area (Å²) in [6.07, 6.45) is 2.70. The monoisotopic (exact) mass is 504 g/mol. The number of halogens is 1. The van der Waals surface area contributed by atoms with Crippen LogP contribution in [0.2, 0.25) is 5.02 Å². The van der Waals surface area contributed by atoms with Crippen LogP contribution in [0, 0.1) is 0 Å². The van der Waals surface area contributed by atoms with Gasteiger partial charge in [-0.2, -0.15) is 4.31 Å². The van der Waals surface area contributed by atoms with E-state index in [1.165, 1.54) is 52.8 Å². The smallest absolute Gasteiger partial charge is 0.338 e. The average molecular weight is 505 g/mol.